The Kier molecular flexibility index (Phi) is 4.34. The lowest BCUT2D eigenvalue weighted by atomic mass is 10.3. The zero-order valence-electron chi connectivity index (χ0n) is 12.1. The van der Waals surface area contributed by atoms with Crippen molar-refractivity contribution < 1.29 is 14.4 Å². The molecule has 0 aliphatic heterocycles. The summed E-state index contributed by atoms with van der Waals surface area (Å²) in [4.78, 5) is 25.3. The maximum absolute atomic E-state index is 11.3. The summed E-state index contributed by atoms with van der Waals surface area (Å²) in [7, 11) is -4.17. The molecule has 4 aromatic heterocycles. The molecule has 0 amide bonds. The molecular formula is C16H11O3PS4. The van der Waals surface area contributed by atoms with Crippen molar-refractivity contribution in [2.45, 2.75) is 0 Å². The van der Waals surface area contributed by atoms with Crippen molar-refractivity contribution in [1.82, 2.24) is 0 Å². The molecule has 122 valence electrons. The summed E-state index contributed by atoms with van der Waals surface area (Å²) in [6.45, 7) is 0. The van der Waals surface area contributed by atoms with E-state index in [4.69, 9.17) is 0 Å². The zero-order valence-corrected chi connectivity index (χ0v) is 16.2. The first-order valence-electron chi connectivity index (χ1n) is 6.91. The number of hydrogen-bond acceptors (Lipinski definition) is 5. The van der Waals surface area contributed by atoms with Crippen LogP contribution in [0.25, 0.3) is 29.3 Å². The molecule has 0 aliphatic carbocycles. The Morgan fingerprint density at radius 2 is 1.17 bits per heavy atom. The Morgan fingerprint density at radius 1 is 0.667 bits per heavy atom. The van der Waals surface area contributed by atoms with E-state index in [9.17, 15) is 14.4 Å². The highest BCUT2D eigenvalue weighted by Gasteiger charge is 2.20. The second-order valence-electron chi connectivity index (χ2n) is 4.99. The lowest BCUT2D eigenvalue weighted by Crippen LogP contribution is -1.94. The van der Waals surface area contributed by atoms with Gasteiger partial charge in [-0.2, -0.15) is 0 Å². The van der Waals surface area contributed by atoms with Gasteiger partial charge in [-0.05, 0) is 47.8 Å². The zero-order chi connectivity index (χ0) is 16.7. The molecule has 0 unspecified atom stereocenters. The van der Waals surface area contributed by atoms with Crippen LogP contribution in [0.5, 0.6) is 0 Å². The van der Waals surface area contributed by atoms with E-state index in [1.54, 1.807) is 40.1 Å². The Balaban J connectivity index is 1.63. The largest absolute Gasteiger partial charge is 0.366 e. The molecule has 0 aliphatic rings. The molecule has 4 heterocycles. The van der Waals surface area contributed by atoms with E-state index in [-0.39, 0.29) is 4.62 Å². The van der Waals surface area contributed by atoms with Crippen molar-refractivity contribution >= 4 is 57.6 Å². The van der Waals surface area contributed by atoms with Crippen LogP contribution < -0.4 is 4.62 Å². The highest BCUT2D eigenvalue weighted by atomic mass is 32.1. The van der Waals surface area contributed by atoms with Gasteiger partial charge >= 0.3 is 7.60 Å². The first-order chi connectivity index (χ1) is 11.5. The van der Waals surface area contributed by atoms with Crippen LogP contribution in [-0.4, -0.2) is 9.79 Å². The molecule has 2 N–H and O–H groups in total. The van der Waals surface area contributed by atoms with Crippen LogP contribution in [0.1, 0.15) is 0 Å². The summed E-state index contributed by atoms with van der Waals surface area (Å²) in [5, 5.41) is 2.08. The van der Waals surface area contributed by atoms with Crippen molar-refractivity contribution in [1.29, 1.82) is 0 Å². The summed E-state index contributed by atoms with van der Waals surface area (Å²) >= 11 is 6.30. The third kappa shape index (κ3) is 3.21. The van der Waals surface area contributed by atoms with Crippen LogP contribution in [-0.2, 0) is 4.57 Å². The summed E-state index contributed by atoms with van der Waals surface area (Å²) in [6.07, 6.45) is 0. The van der Waals surface area contributed by atoms with E-state index in [2.05, 4.69) is 35.7 Å². The van der Waals surface area contributed by atoms with Gasteiger partial charge in [0.15, 0.2) is 0 Å². The maximum Gasteiger partial charge on any atom is 0.366 e. The van der Waals surface area contributed by atoms with Gasteiger partial charge in [0.1, 0.15) is 4.62 Å². The lowest BCUT2D eigenvalue weighted by molar-refractivity contribution is 0.388. The van der Waals surface area contributed by atoms with E-state index < -0.39 is 7.60 Å². The van der Waals surface area contributed by atoms with Crippen LogP contribution in [0.2, 0.25) is 0 Å². The van der Waals surface area contributed by atoms with Gasteiger partial charge in [-0.3, -0.25) is 4.57 Å². The second-order valence-corrected chi connectivity index (χ2v) is 11.1. The predicted octanol–water partition coefficient (Wildman–Crippen LogP) is 5.74. The summed E-state index contributed by atoms with van der Waals surface area (Å²) < 4.78 is 11.4. The highest BCUT2D eigenvalue weighted by molar-refractivity contribution is 7.67. The molecule has 4 aromatic rings. The molecule has 0 atom stereocenters. The summed E-state index contributed by atoms with van der Waals surface area (Å²) in [5.41, 5.74) is 0. The third-order valence-electron chi connectivity index (χ3n) is 3.34. The fourth-order valence-electron chi connectivity index (χ4n) is 2.24. The van der Waals surface area contributed by atoms with Crippen molar-refractivity contribution in [3.8, 4) is 29.3 Å². The van der Waals surface area contributed by atoms with Gasteiger partial charge in [0.25, 0.3) is 0 Å². The monoisotopic (exact) mass is 410 g/mol. The fourth-order valence-corrected chi connectivity index (χ4v) is 7.05. The van der Waals surface area contributed by atoms with Gasteiger partial charge in [0.2, 0.25) is 0 Å². The molecule has 4 rings (SSSR count). The average Bonchev–Trinajstić information content (AvgIpc) is 3.31. The molecule has 3 nitrogen and oxygen atoms in total. The van der Waals surface area contributed by atoms with Crippen molar-refractivity contribution in [3.05, 3.63) is 53.9 Å². The first kappa shape index (κ1) is 16.4. The van der Waals surface area contributed by atoms with E-state index in [1.807, 2.05) is 6.07 Å². The van der Waals surface area contributed by atoms with Crippen LogP contribution in [0.3, 0.4) is 0 Å². The minimum absolute atomic E-state index is 0.114. The molecule has 0 radical (unpaired) electrons. The lowest BCUT2D eigenvalue weighted by Gasteiger charge is -1.97. The Labute approximate surface area is 154 Å². The third-order valence-corrected chi connectivity index (χ3v) is 9.57. The van der Waals surface area contributed by atoms with Gasteiger partial charge in [0.05, 0.1) is 0 Å². The average molecular weight is 411 g/mol. The minimum Gasteiger partial charge on any atom is -0.320 e. The van der Waals surface area contributed by atoms with Crippen molar-refractivity contribution in [2.24, 2.45) is 0 Å². The van der Waals surface area contributed by atoms with Gasteiger partial charge < -0.3 is 9.79 Å². The van der Waals surface area contributed by atoms with E-state index in [0.29, 0.717) is 0 Å². The van der Waals surface area contributed by atoms with Gasteiger partial charge in [-0.15, -0.1) is 45.3 Å². The Hall–Kier alpha value is -1.05. The number of thiophene rings is 4. The van der Waals surface area contributed by atoms with Crippen molar-refractivity contribution in [2.75, 3.05) is 0 Å². The molecule has 0 bridgehead atoms. The van der Waals surface area contributed by atoms with Crippen LogP contribution in [0.15, 0.2) is 53.9 Å². The van der Waals surface area contributed by atoms with Crippen LogP contribution in [0.4, 0.5) is 0 Å². The molecule has 0 saturated carbocycles. The quantitative estimate of drug-likeness (QED) is 0.422. The maximum atomic E-state index is 11.3. The van der Waals surface area contributed by atoms with Crippen molar-refractivity contribution in [3.63, 3.8) is 0 Å². The van der Waals surface area contributed by atoms with Gasteiger partial charge in [-0.1, -0.05) is 6.07 Å². The first-order valence-corrected chi connectivity index (χ1v) is 11.8. The fraction of sp³-hybridized carbons (Fsp3) is 0. The Morgan fingerprint density at radius 3 is 1.62 bits per heavy atom. The smallest absolute Gasteiger partial charge is 0.320 e. The number of rotatable bonds is 4. The Bertz CT molecular complexity index is 1020. The van der Waals surface area contributed by atoms with E-state index in [1.165, 1.54) is 25.6 Å². The SMILES string of the molecule is O=P(O)(O)c1ccc(-c2ccc(-c3ccc(-c4cccs4)s3)s2)s1. The molecule has 0 aromatic carbocycles. The number of hydrogen-bond donors (Lipinski definition) is 2. The van der Waals surface area contributed by atoms with E-state index in [0.717, 1.165) is 21.1 Å². The van der Waals surface area contributed by atoms with E-state index >= 15 is 0 Å². The summed E-state index contributed by atoms with van der Waals surface area (Å²) in [5.74, 6) is 0. The van der Waals surface area contributed by atoms with Gasteiger partial charge in [0, 0.05) is 29.3 Å². The summed E-state index contributed by atoms with van der Waals surface area (Å²) in [6, 6.07) is 15.8. The topological polar surface area (TPSA) is 57.5 Å². The molecule has 0 spiro atoms. The molecular weight excluding hydrogens is 399 g/mol. The minimum atomic E-state index is -4.17. The predicted molar refractivity (Wildman–Crippen MR) is 106 cm³/mol. The molecule has 24 heavy (non-hydrogen) atoms. The molecule has 0 fully saturated rings. The standard InChI is InChI=1S/C16H11O3PS4/c17-20(18,19)16-8-7-15(24-16)14-6-5-13(23-14)12-4-3-11(22-12)10-2-1-9-21-10/h1-9H,(H2,17,18,19). The second kappa shape index (κ2) is 6.35. The molecule has 8 heteroatoms. The van der Waals surface area contributed by atoms with Crippen LogP contribution in [0, 0.1) is 0 Å². The van der Waals surface area contributed by atoms with Gasteiger partial charge in [-0.25, -0.2) is 0 Å². The van der Waals surface area contributed by atoms with Crippen LogP contribution >= 0.6 is 52.9 Å². The molecule has 0 saturated heterocycles. The normalized spacial score (nSPS) is 11.9. The highest BCUT2D eigenvalue weighted by Crippen LogP contribution is 2.44.